The largest absolute Gasteiger partial charge is 0.448 e. The smallest absolute Gasteiger partial charge is 0.256 e. The van der Waals surface area contributed by atoms with E-state index in [1.54, 1.807) is 0 Å². The number of hydrogen-bond donors (Lipinski definition) is 3. The van der Waals surface area contributed by atoms with Crippen molar-refractivity contribution < 1.29 is 14.0 Å². The Hall–Kier alpha value is -1.98. The molecule has 0 radical (unpaired) electrons. The monoisotopic (exact) mass is 197 g/mol. The first-order chi connectivity index (χ1) is 6.56. The van der Waals surface area contributed by atoms with Gasteiger partial charge in [0.1, 0.15) is 5.56 Å². The molecule has 1 aromatic heterocycles. The van der Waals surface area contributed by atoms with Crippen molar-refractivity contribution in [1.29, 1.82) is 0 Å². The SMILES string of the molecule is CNC(=O)c1c(CC(N)=O)coc1N. The predicted octanol–water partition coefficient (Wildman–Crippen LogP) is -0.751. The highest BCUT2D eigenvalue weighted by Crippen LogP contribution is 2.19. The van der Waals surface area contributed by atoms with Gasteiger partial charge in [0.2, 0.25) is 11.8 Å². The van der Waals surface area contributed by atoms with E-state index in [0.29, 0.717) is 5.56 Å². The van der Waals surface area contributed by atoms with Gasteiger partial charge in [-0.15, -0.1) is 0 Å². The lowest BCUT2D eigenvalue weighted by molar-refractivity contribution is -0.117. The Kier molecular flexibility index (Phi) is 2.76. The molecule has 1 aromatic rings. The summed E-state index contributed by atoms with van der Waals surface area (Å²) in [6.45, 7) is 0. The zero-order valence-electron chi connectivity index (χ0n) is 7.66. The van der Waals surface area contributed by atoms with Crippen LogP contribution in [0.5, 0.6) is 0 Å². The molecule has 14 heavy (non-hydrogen) atoms. The second-order valence-electron chi connectivity index (χ2n) is 2.72. The van der Waals surface area contributed by atoms with Crippen LogP contribution in [0, 0.1) is 0 Å². The molecule has 0 atom stereocenters. The zero-order valence-corrected chi connectivity index (χ0v) is 7.66. The maximum absolute atomic E-state index is 11.3. The highest BCUT2D eigenvalue weighted by molar-refractivity contribution is 6.00. The summed E-state index contributed by atoms with van der Waals surface area (Å²) in [6.07, 6.45) is 1.19. The minimum absolute atomic E-state index is 0.0133. The van der Waals surface area contributed by atoms with Crippen molar-refractivity contribution in [2.45, 2.75) is 6.42 Å². The maximum Gasteiger partial charge on any atom is 0.256 e. The van der Waals surface area contributed by atoms with Crippen LogP contribution in [-0.2, 0) is 11.2 Å². The number of nitrogen functional groups attached to an aromatic ring is 1. The number of nitrogens with two attached hydrogens (primary N) is 2. The van der Waals surface area contributed by atoms with Gasteiger partial charge in [-0.05, 0) is 0 Å². The van der Waals surface area contributed by atoms with Crippen molar-refractivity contribution in [1.82, 2.24) is 5.32 Å². The molecule has 1 rings (SSSR count). The molecule has 0 saturated heterocycles. The fraction of sp³-hybridized carbons (Fsp3) is 0.250. The summed E-state index contributed by atoms with van der Waals surface area (Å²) >= 11 is 0. The van der Waals surface area contributed by atoms with Crippen molar-refractivity contribution in [3.63, 3.8) is 0 Å². The van der Waals surface area contributed by atoms with E-state index >= 15 is 0 Å². The van der Waals surface area contributed by atoms with E-state index in [2.05, 4.69) is 5.32 Å². The number of carbonyl (C=O) groups excluding carboxylic acids is 2. The summed E-state index contributed by atoms with van der Waals surface area (Å²) in [4.78, 5) is 21.9. The number of carbonyl (C=O) groups is 2. The highest BCUT2D eigenvalue weighted by atomic mass is 16.3. The number of anilines is 1. The van der Waals surface area contributed by atoms with E-state index < -0.39 is 11.8 Å². The van der Waals surface area contributed by atoms with Gasteiger partial charge in [-0.3, -0.25) is 9.59 Å². The van der Waals surface area contributed by atoms with Crippen LogP contribution in [0.3, 0.4) is 0 Å². The molecule has 0 aliphatic heterocycles. The molecular weight excluding hydrogens is 186 g/mol. The average Bonchev–Trinajstić information content (AvgIpc) is 2.45. The molecule has 76 valence electrons. The van der Waals surface area contributed by atoms with Crippen LogP contribution in [0.1, 0.15) is 15.9 Å². The van der Waals surface area contributed by atoms with E-state index in [0.717, 1.165) is 0 Å². The van der Waals surface area contributed by atoms with Gasteiger partial charge in [-0.2, -0.15) is 0 Å². The average molecular weight is 197 g/mol. The van der Waals surface area contributed by atoms with Crippen LogP contribution in [0.2, 0.25) is 0 Å². The Morgan fingerprint density at radius 3 is 2.71 bits per heavy atom. The van der Waals surface area contributed by atoms with Crippen molar-refractivity contribution in [3.05, 3.63) is 17.4 Å². The predicted molar refractivity (Wildman–Crippen MR) is 49.4 cm³/mol. The highest BCUT2D eigenvalue weighted by Gasteiger charge is 2.18. The van der Waals surface area contributed by atoms with Gasteiger partial charge in [0.25, 0.3) is 5.91 Å². The van der Waals surface area contributed by atoms with Gasteiger partial charge in [0.05, 0.1) is 12.7 Å². The van der Waals surface area contributed by atoms with Crippen LogP contribution in [-0.4, -0.2) is 18.9 Å². The van der Waals surface area contributed by atoms with Crippen LogP contribution in [0.25, 0.3) is 0 Å². The first kappa shape index (κ1) is 10.1. The third-order valence-electron chi connectivity index (χ3n) is 1.71. The Balaban J connectivity index is 3.05. The molecule has 1 heterocycles. The molecule has 0 saturated carbocycles. The van der Waals surface area contributed by atoms with Crippen molar-refractivity contribution in [2.24, 2.45) is 5.73 Å². The maximum atomic E-state index is 11.3. The quantitative estimate of drug-likeness (QED) is 0.591. The Morgan fingerprint density at radius 2 is 2.21 bits per heavy atom. The number of amides is 2. The minimum atomic E-state index is -0.545. The molecule has 6 heteroatoms. The summed E-state index contributed by atoms with van der Waals surface area (Å²) < 4.78 is 4.83. The summed E-state index contributed by atoms with van der Waals surface area (Å²) in [7, 11) is 1.46. The standard InChI is InChI=1S/C8H11N3O3/c1-11-8(13)6-4(2-5(9)12)3-14-7(6)10/h3H,2,10H2,1H3,(H2,9,12)(H,11,13). The van der Waals surface area contributed by atoms with Gasteiger partial charge in [-0.1, -0.05) is 0 Å². The lowest BCUT2D eigenvalue weighted by Crippen LogP contribution is -2.22. The Labute approximate surface area is 80.2 Å². The van der Waals surface area contributed by atoms with E-state index in [9.17, 15) is 9.59 Å². The van der Waals surface area contributed by atoms with E-state index in [1.807, 2.05) is 0 Å². The van der Waals surface area contributed by atoms with Crippen molar-refractivity contribution in [2.75, 3.05) is 12.8 Å². The lowest BCUT2D eigenvalue weighted by atomic mass is 10.1. The van der Waals surface area contributed by atoms with Crippen molar-refractivity contribution in [3.8, 4) is 0 Å². The molecule has 0 aromatic carbocycles. The van der Waals surface area contributed by atoms with Crippen LogP contribution >= 0.6 is 0 Å². The first-order valence-corrected chi connectivity index (χ1v) is 3.92. The molecule has 0 unspecified atom stereocenters. The normalized spacial score (nSPS) is 9.79. The van der Waals surface area contributed by atoms with Gasteiger partial charge in [-0.25, -0.2) is 0 Å². The van der Waals surface area contributed by atoms with Gasteiger partial charge >= 0.3 is 0 Å². The Morgan fingerprint density at radius 1 is 1.57 bits per heavy atom. The second kappa shape index (κ2) is 3.82. The van der Waals surface area contributed by atoms with Gasteiger partial charge in [0, 0.05) is 12.6 Å². The molecule has 0 fully saturated rings. The molecule has 5 N–H and O–H groups in total. The molecular formula is C8H11N3O3. The summed E-state index contributed by atoms with van der Waals surface area (Å²) in [5.41, 5.74) is 11.0. The summed E-state index contributed by atoms with van der Waals surface area (Å²) in [5, 5.41) is 2.39. The van der Waals surface area contributed by atoms with Crippen LogP contribution < -0.4 is 16.8 Å². The lowest BCUT2D eigenvalue weighted by Gasteiger charge is -1.99. The molecule has 0 aliphatic carbocycles. The fourth-order valence-corrected chi connectivity index (χ4v) is 1.11. The topological polar surface area (TPSA) is 111 Å². The molecule has 0 aliphatic rings. The summed E-state index contributed by atoms with van der Waals surface area (Å²) in [5.74, 6) is -0.955. The molecule has 2 amide bonds. The number of primary amides is 1. The third-order valence-corrected chi connectivity index (χ3v) is 1.71. The fourth-order valence-electron chi connectivity index (χ4n) is 1.11. The zero-order chi connectivity index (χ0) is 10.7. The number of furan rings is 1. The van der Waals surface area contributed by atoms with E-state index in [4.69, 9.17) is 15.9 Å². The third kappa shape index (κ3) is 1.85. The van der Waals surface area contributed by atoms with E-state index in [1.165, 1.54) is 13.3 Å². The molecule has 0 spiro atoms. The Bertz CT molecular complexity index is 370. The van der Waals surface area contributed by atoms with Crippen LogP contribution in [0.4, 0.5) is 5.88 Å². The molecule has 6 nitrogen and oxygen atoms in total. The van der Waals surface area contributed by atoms with E-state index in [-0.39, 0.29) is 17.9 Å². The first-order valence-electron chi connectivity index (χ1n) is 3.92. The van der Waals surface area contributed by atoms with Crippen molar-refractivity contribution >= 4 is 17.7 Å². The number of hydrogen-bond acceptors (Lipinski definition) is 4. The van der Waals surface area contributed by atoms with Gasteiger partial charge < -0.3 is 21.2 Å². The summed E-state index contributed by atoms with van der Waals surface area (Å²) in [6, 6.07) is 0. The minimum Gasteiger partial charge on any atom is -0.448 e. The second-order valence-corrected chi connectivity index (χ2v) is 2.72. The molecule has 0 bridgehead atoms. The number of rotatable bonds is 3. The van der Waals surface area contributed by atoms with Gasteiger partial charge in [0.15, 0.2) is 0 Å². The van der Waals surface area contributed by atoms with Crippen LogP contribution in [0.15, 0.2) is 10.7 Å². The number of nitrogens with one attached hydrogen (secondary N) is 1.